The molecule has 2 aliphatic rings. The van der Waals surface area contributed by atoms with E-state index < -0.39 is 23.3 Å². The summed E-state index contributed by atoms with van der Waals surface area (Å²) in [7, 11) is 0. The lowest BCUT2D eigenvalue weighted by Gasteiger charge is -2.49. The van der Waals surface area contributed by atoms with Crippen LogP contribution in [-0.2, 0) is 20.8 Å². The first-order valence-corrected chi connectivity index (χ1v) is 12.9. The molecule has 2 atom stereocenters. The number of amides is 2. The lowest BCUT2D eigenvalue weighted by Crippen LogP contribution is -2.70. The van der Waals surface area contributed by atoms with Gasteiger partial charge in [0.1, 0.15) is 17.1 Å². The number of para-hydroxylation sites is 1. The van der Waals surface area contributed by atoms with Crippen LogP contribution in [0.5, 0.6) is 0 Å². The van der Waals surface area contributed by atoms with Gasteiger partial charge in [0.2, 0.25) is 5.91 Å². The molecule has 0 bridgehead atoms. The maximum absolute atomic E-state index is 12.8. The van der Waals surface area contributed by atoms with Crippen molar-refractivity contribution in [3.05, 3.63) is 45.9 Å². The highest BCUT2D eigenvalue weighted by atomic mass is 32.2. The number of fused-ring (bicyclic) bond motifs is 2. The first-order chi connectivity index (χ1) is 15.4. The molecule has 4 N–H and O–H groups in total. The quantitative estimate of drug-likeness (QED) is 0.431. The molecule has 0 saturated carbocycles. The predicted molar refractivity (Wildman–Crippen MR) is 125 cm³/mol. The third-order valence-corrected chi connectivity index (χ3v) is 9.21. The second-order valence-corrected chi connectivity index (χ2v) is 11.3. The number of hydrogen-bond acceptors (Lipinski definition) is 10. The first-order valence-electron chi connectivity index (χ1n) is 9.34. The number of nitrogen functional groups attached to an aromatic ring is 1. The highest BCUT2D eigenvalue weighted by Gasteiger charge is 2.54. The summed E-state index contributed by atoms with van der Waals surface area (Å²) in [6, 6.07) is 6.92. The van der Waals surface area contributed by atoms with Gasteiger partial charge in [-0.05, 0) is 12.1 Å². The molecule has 1 fully saturated rings. The third-order valence-electron chi connectivity index (χ3n) is 4.85. The SMILES string of the molecule is Nc1nc(CC(=O)N[C@@H]2C(=O)N3C(C(=O)O)=C(Sc4nc5ccccc5s4)CS[C@H]23)cs1. The van der Waals surface area contributed by atoms with Gasteiger partial charge in [0.05, 0.1) is 22.3 Å². The molecule has 0 aliphatic carbocycles. The van der Waals surface area contributed by atoms with Crippen LogP contribution in [0, 0.1) is 0 Å². The normalized spacial score (nSPS) is 20.2. The van der Waals surface area contributed by atoms with Gasteiger partial charge in [0, 0.05) is 16.0 Å². The Bertz CT molecular complexity index is 1250. The number of hydrogen-bond donors (Lipinski definition) is 3. The molecule has 2 aliphatic heterocycles. The van der Waals surface area contributed by atoms with Crippen LogP contribution in [0.3, 0.4) is 0 Å². The highest BCUT2D eigenvalue weighted by Crippen LogP contribution is 2.46. The number of anilines is 1. The van der Waals surface area contributed by atoms with Gasteiger partial charge in [0.15, 0.2) is 9.47 Å². The summed E-state index contributed by atoms with van der Waals surface area (Å²) in [4.78, 5) is 47.6. The molecule has 1 aromatic carbocycles. The summed E-state index contributed by atoms with van der Waals surface area (Å²) in [6.07, 6.45) is 0.00913. The van der Waals surface area contributed by atoms with Crippen molar-refractivity contribution in [2.75, 3.05) is 11.5 Å². The Morgan fingerprint density at radius 2 is 2.12 bits per heavy atom. The zero-order valence-corrected chi connectivity index (χ0v) is 19.4. The Kier molecular flexibility index (Phi) is 5.57. The van der Waals surface area contributed by atoms with E-state index >= 15 is 0 Å². The van der Waals surface area contributed by atoms with E-state index in [9.17, 15) is 19.5 Å². The summed E-state index contributed by atoms with van der Waals surface area (Å²) < 4.78 is 1.73. The number of carbonyl (C=O) groups excluding carboxylic acids is 2. The fraction of sp³-hybridized carbons (Fsp3) is 0.211. The zero-order valence-electron chi connectivity index (χ0n) is 16.2. The summed E-state index contributed by atoms with van der Waals surface area (Å²) in [6.45, 7) is 0. The van der Waals surface area contributed by atoms with Crippen LogP contribution in [0.4, 0.5) is 5.13 Å². The van der Waals surface area contributed by atoms with Crippen LogP contribution >= 0.6 is 46.2 Å². The fourth-order valence-corrected chi connectivity index (χ4v) is 7.73. The molecule has 13 heteroatoms. The van der Waals surface area contributed by atoms with Crippen molar-refractivity contribution < 1.29 is 19.5 Å². The molecule has 164 valence electrons. The van der Waals surface area contributed by atoms with Crippen LogP contribution in [0.15, 0.2) is 44.6 Å². The van der Waals surface area contributed by atoms with Crippen LogP contribution < -0.4 is 11.1 Å². The number of aliphatic carboxylic acids is 1. The summed E-state index contributed by atoms with van der Waals surface area (Å²) in [5.41, 5.74) is 6.92. The highest BCUT2D eigenvalue weighted by molar-refractivity contribution is 8.07. The molecule has 2 aromatic heterocycles. The number of thiazole rings is 2. The van der Waals surface area contributed by atoms with Gasteiger partial charge in [-0.2, -0.15) is 0 Å². The monoisotopic (exact) mass is 505 g/mol. The molecule has 5 rings (SSSR count). The topological polar surface area (TPSA) is 139 Å². The maximum atomic E-state index is 12.8. The summed E-state index contributed by atoms with van der Waals surface area (Å²) in [5, 5.41) is 14.1. The molecular weight excluding hydrogens is 491 g/mol. The molecule has 1 saturated heterocycles. The van der Waals surface area contributed by atoms with E-state index in [1.54, 1.807) is 5.38 Å². The number of benzene rings is 1. The van der Waals surface area contributed by atoms with Gasteiger partial charge in [-0.1, -0.05) is 23.9 Å². The summed E-state index contributed by atoms with van der Waals surface area (Å²) >= 11 is 5.41. The number of β-lactam (4-membered cyclic amide) rings is 1. The molecule has 3 aromatic rings. The third kappa shape index (κ3) is 3.85. The molecule has 0 unspecified atom stereocenters. The molecule has 0 radical (unpaired) electrons. The average molecular weight is 506 g/mol. The van der Waals surface area contributed by atoms with Gasteiger partial charge >= 0.3 is 5.97 Å². The lowest BCUT2D eigenvalue weighted by atomic mass is 10.0. The Hall–Kier alpha value is -2.61. The number of carbonyl (C=O) groups is 3. The number of nitrogens with zero attached hydrogens (tertiary/aromatic N) is 3. The molecule has 0 spiro atoms. The Morgan fingerprint density at radius 3 is 2.84 bits per heavy atom. The van der Waals surface area contributed by atoms with Crippen molar-refractivity contribution in [1.29, 1.82) is 0 Å². The van der Waals surface area contributed by atoms with Gasteiger partial charge in [-0.25, -0.2) is 14.8 Å². The van der Waals surface area contributed by atoms with Gasteiger partial charge < -0.3 is 16.2 Å². The number of rotatable bonds is 6. The second-order valence-electron chi connectivity index (χ2n) is 6.94. The number of nitrogens with two attached hydrogens (primary N) is 1. The average Bonchev–Trinajstić information content (AvgIpc) is 3.36. The van der Waals surface area contributed by atoms with E-state index in [1.807, 2.05) is 24.3 Å². The largest absolute Gasteiger partial charge is 0.477 e. The van der Waals surface area contributed by atoms with E-state index in [0.717, 1.165) is 14.6 Å². The Labute approximate surface area is 198 Å². The molecule has 2 amide bonds. The zero-order chi connectivity index (χ0) is 22.4. The van der Waals surface area contributed by atoms with Crippen molar-refractivity contribution in [2.45, 2.75) is 22.2 Å². The number of thioether (sulfide) groups is 2. The molecule has 9 nitrogen and oxygen atoms in total. The Morgan fingerprint density at radius 1 is 1.31 bits per heavy atom. The minimum absolute atomic E-state index is 0.00913. The minimum Gasteiger partial charge on any atom is -0.477 e. The Balaban J connectivity index is 1.32. The van der Waals surface area contributed by atoms with E-state index in [-0.39, 0.29) is 18.0 Å². The van der Waals surface area contributed by atoms with Crippen LogP contribution in [-0.4, -0.2) is 54.9 Å². The standard InChI is InChI=1S/C19H15N5O4S4/c20-18-21-8(6-30-18)5-12(25)23-13-15(26)24-14(17(27)28)11(7-29-16(13)24)32-19-22-9-3-1-2-4-10(9)31-19/h1-4,6,13,16H,5,7H2,(H2,20,21)(H,23,25)(H,27,28)/t13-,16-/m1/s1. The van der Waals surface area contributed by atoms with E-state index in [2.05, 4.69) is 15.3 Å². The molecule has 32 heavy (non-hydrogen) atoms. The number of aromatic nitrogens is 2. The lowest BCUT2D eigenvalue weighted by molar-refractivity contribution is -0.150. The van der Waals surface area contributed by atoms with Gasteiger partial charge in [-0.15, -0.1) is 34.4 Å². The van der Waals surface area contributed by atoms with E-state index in [4.69, 9.17) is 5.73 Å². The minimum atomic E-state index is -1.17. The smallest absolute Gasteiger partial charge is 0.353 e. The van der Waals surface area contributed by atoms with Crippen molar-refractivity contribution in [1.82, 2.24) is 20.2 Å². The van der Waals surface area contributed by atoms with E-state index in [1.165, 1.54) is 51.1 Å². The van der Waals surface area contributed by atoms with Crippen molar-refractivity contribution >= 4 is 79.3 Å². The molecule has 4 heterocycles. The second kappa shape index (κ2) is 8.39. The number of carboxylic acids is 1. The van der Waals surface area contributed by atoms with Crippen molar-refractivity contribution in [3.8, 4) is 0 Å². The maximum Gasteiger partial charge on any atom is 0.353 e. The fourth-order valence-electron chi connectivity index (χ4n) is 3.46. The van der Waals surface area contributed by atoms with Crippen LogP contribution in [0.25, 0.3) is 10.2 Å². The van der Waals surface area contributed by atoms with Gasteiger partial charge in [-0.3, -0.25) is 14.5 Å². The van der Waals surface area contributed by atoms with Crippen LogP contribution in [0.1, 0.15) is 5.69 Å². The van der Waals surface area contributed by atoms with Crippen molar-refractivity contribution in [3.63, 3.8) is 0 Å². The van der Waals surface area contributed by atoms with E-state index in [0.29, 0.717) is 21.5 Å². The molecular formula is C19H15N5O4S4. The predicted octanol–water partition coefficient (Wildman–Crippen LogP) is 2.37. The van der Waals surface area contributed by atoms with Crippen LogP contribution in [0.2, 0.25) is 0 Å². The van der Waals surface area contributed by atoms with Crippen molar-refractivity contribution in [2.24, 2.45) is 0 Å². The number of nitrogens with one attached hydrogen (secondary N) is 1. The number of carboxylic acid groups (broad SMARTS) is 1. The summed E-state index contributed by atoms with van der Waals surface area (Å²) in [5.74, 6) is -1.56. The first kappa shape index (κ1) is 21.2. The van der Waals surface area contributed by atoms with Gasteiger partial charge in [0.25, 0.3) is 5.91 Å².